The van der Waals surface area contributed by atoms with Crippen LogP contribution in [0, 0.1) is 10.1 Å². The Bertz CT molecular complexity index is 494. The molecule has 0 amide bonds. The fourth-order valence-electron chi connectivity index (χ4n) is 2.18. The average molecular weight is 341 g/mol. The molecule has 0 saturated heterocycles. The van der Waals surface area contributed by atoms with Gasteiger partial charge in [-0.3, -0.25) is 10.1 Å². The van der Waals surface area contributed by atoms with E-state index in [1.54, 1.807) is 0 Å². The molecule has 0 atom stereocenters. The maximum absolute atomic E-state index is 11.3. The van der Waals surface area contributed by atoms with Crippen molar-refractivity contribution in [2.24, 2.45) is 0 Å². The molecule has 0 aliphatic heterocycles. The Labute approximate surface area is 139 Å². The second kappa shape index (κ2) is 8.01. The van der Waals surface area contributed by atoms with Crippen molar-refractivity contribution in [2.75, 3.05) is 0 Å². The number of nitrogens with zero attached hydrogens (tertiary/aromatic N) is 1. The van der Waals surface area contributed by atoms with Crippen LogP contribution in [0.25, 0.3) is 0 Å². The number of benzene rings is 1. The second-order valence-corrected chi connectivity index (χ2v) is 8.88. The number of rotatable bonds is 9. The van der Waals surface area contributed by atoms with Crippen molar-refractivity contribution in [3.8, 4) is 0 Å². The lowest BCUT2D eigenvalue weighted by Crippen LogP contribution is -2.57. The van der Waals surface area contributed by atoms with E-state index in [1.807, 2.05) is 58.0 Å². The monoisotopic (exact) mass is 341 g/mol. The Kier molecular flexibility index (Phi) is 6.88. The highest BCUT2D eigenvalue weighted by molar-refractivity contribution is 6.60. The Morgan fingerprint density at radius 1 is 1.09 bits per heavy atom. The Balaban J connectivity index is 3.20. The predicted molar refractivity (Wildman–Crippen MR) is 90.5 cm³/mol. The van der Waals surface area contributed by atoms with Crippen LogP contribution < -0.4 is 0 Å². The van der Waals surface area contributed by atoms with E-state index in [0.29, 0.717) is 6.04 Å². The summed E-state index contributed by atoms with van der Waals surface area (Å²) in [5, 5.41) is 11.3. The zero-order chi connectivity index (χ0) is 17.7. The predicted octanol–water partition coefficient (Wildman–Crippen LogP) is 3.59. The van der Waals surface area contributed by atoms with Gasteiger partial charge in [0, 0.05) is 32.1 Å². The van der Waals surface area contributed by atoms with Crippen LogP contribution in [0.2, 0.25) is 0 Å². The van der Waals surface area contributed by atoms with Crippen LogP contribution in [0.3, 0.4) is 0 Å². The highest BCUT2D eigenvalue weighted by Gasteiger charge is 2.52. The van der Waals surface area contributed by atoms with Gasteiger partial charge in [0.2, 0.25) is 0 Å². The zero-order valence-electron chi connectivity index (χ0n) is 14.7. The van der Waals surface area contributed by atoms with E-state index in [2.05, 4.69) is 0 Å². The minimum Gasteiger partial charge on any atom is -0.371 e. The first kappa shape index (κ1) is 19.8. The fourth-order valence-corrected chi connectivity index (χ4v) is 5.58. The first-order chi connectivity index (χ1) is 10.6. The molecule has 0 fully saturated rings. The molecule has 0 heterocycles. The van der Waals surface area contributed by atoms with Crippen LogP contribution >= 0.6 is 0 Å². The van der Waals surface area contributed by atoms with Crippen molar-refractivity contribution < 1.29 is 18.2 Å². The van der Waals surface area contributed by atoms with Crippen LogP contribution in [0.4, 0.5) is 0 Å². The number of hydrogen-bond donors (Lipinski definition) is 0. The molecule has 6 nitrogen and oxygen atoms in total. The SMILES string of the molecule is CC(C)O[Si](Cc1ccccc1)(OC(C)C)OC(C)(C)[N+](=O)[O-]. The van der Waals surface area contributed by atoms with E-state index < -0.39 is 19.5 Å². The average Bonchev–Trinajstić information content (AvgIpc) is 2.36. The Morgan fingerprint density at radius 2 is 1.57 bits per heavy atom. The van der Waals surface area contributed by atoms with Gasteiger partial charge in [-0.05, 0) is 33.3 Å². The van der Waals surface area contributed by atoms with E-state index in [0.717, 1.165) is 5.56 Å². The van der Waals surface area contributed by atoms with Crippen molar-refractivity contribution in [2.45, 2.75) is 65.5 Å². The maximum atomic E-state index is 11.3. The third-order valence-electron chi connectivity index (χ3n) is 2.94. The van der Waals surface area contributed by atoms with E-state index in [1.165, 1.54) is 13.8 Å². The summed E-state index contributed by atoms with van der Waals surface area (Å²) in [5.74, 6) is 0. The summed E-state index contributed by atoms with van der Waals surface area (Å²) in [6, 6.07) is 10.0. The number of hydrogen-bond acceptors (Lipinski definition) is 5. The molecule has 0 spiro atoms. The van der Waals surface area contributed by atoms with Gasteiger partial charge in [0.05, 0.1) is 4.92 Å². The Hall–Kier alpha value is -1.28. The van der Waals surface area contributed by atoms with Crippen LogP contribution in [0.5, 0.6) is 0 Å². The van der Waals surface area contributed by atoms with Gasteiger partial charge >= 0.3 is 14.5 Å². The molecule has 0 aliphatic rings. The van der Waals surface area contributed by atoms with Crippen molar-refractivity contribution >= 4 is 8.80 Å². The molecule has 0 N–H and O–H groups in total. The molecule has 0 aromatic heterocycles. The second-order valence-electron chi connectivity index (χ2n) is 6.48. The van der Waals surface area contributed by atoms with Crippen molar-refractivity contribution in [3.63, 3.8) is 0 Å². The van der Waals surface area contributed by atoms with Gasteiger partial charge in [0.1, 0.15) is 0 Å². The molecule has 0 unspecified atom stereocenters. The molecule has 0 radical (unpaired) electrons. The largest absolute Gasteiger partial charge is 0.511 e. The van der Waals surface area contributed by atoms with E-state index >= 15 is 0 Å². The van der Waals surface area contributed by atoms with E-state index in [9.17, 15) is 10.1 Å². The van der Waals surface area contributed by atoms with Crippen LogP contribution in [0.15, 0.2) is 30.3 Å². The van der Waals surface area contributed by atoms with Gasteiger partial charge in [0.15, 0.2) is 0 Å². The molecule has 130 valence electrons. The highest BCUT2D eigenvalue weighted by atomic mass is 28.4. The van der Waals surface area contributed by atoms with Gasteiger partial charge in [-0.2, -0.15) is 0 Å². The van der Waals surface area contributed by atoms with Gasteiger partial charge < -0.3 is 13.3 Å². The Morgan fingerprint density at radius 3 is 1.96 bits per heavy atom. The van der Waals surface area contributed by atoms with Crippen LogP contribution in [-0.2, 0) is 19.3 Å². The minimum absolute atomic E-state index is 0.160. The molecular weight excluding hydrogens is 314 g/mol. The fraction of sp³-hybridized carbons (Fsp3) is 0.625. The van der Waals surface area contributed by atoms with Gasteiger partial charge in [-0.15, -0.1) is 0 Å². The summed E-state index contributed by atoms with van der Waals surface area (Å²) >= 11 is 0. The molecule has 0 saturated carbocycles. The summed E-state index contributed by atoms with van der Waals surface area (Å²) < 4.78 is 18.0. The van der Waals surface area contributed by atoms with Crippen molar-refractivity contribution in [3.05, 3.63) is 46.0 Å². The van der Waals surface area contributed by atoms with Gasteiger partial charge in [-0.1, -0.05) is 30.3 Å². The molecule has 7 heteroatoms. The molecular formula is C16H27NO5Si. The summed E-state index contributed by atoms with van der Waals surface area (Å²) in [4.78, 5) is 10.9. The van der Waals surface area contributed by atoms with Gasteiger partial charge in [0.25, 0.3) is 0 Å². The molecule has 1 rings (SSSR count). The van der Waals surface area contributed by atoms with E-state index in [-0.39, 0.29) is 12.2 Å². The maximum Gasteiger partial charge on any atom is 0.511 e. The van der Waals surface area contributed by atoms with Crippen LogP contribution in [-0.4, -0.2) is 31.7 Å². The first-order valence-electron chi connectivity index (χ1n) is 7.80. The lowest BCUT2D eigenvalue weighted by atomic mass is 10.2. The van der Waals surface area contributed by atoms with Crippen LogP contribution in [0.1, 0.15) is 47.1 Å². The standard InChI is InChI=1S/C16H27NO5Si/c1-13(2)20-23(21-14(3)4,22-16(5,6)17(18)19)12-15-10-8-7-9-11-15/h7-11,13-14H,12H2,1-6H3. The van der Waals surface area contributed by atoms with Crippen molar-refractivity contribution in [1.82, 2.24) is 0 Å². The van der Waals surface area contributed by atoms with E-state index in [4.69, 9.17) is 13.3 Å². The normalized spacial score (nSPS) is 12.9. The molecule has 1 aromatic carbocycles. The minimum atomic E-state index is -3.30. The summed E-state index contributed by atoms with van der Waals surface area (Å²) in [7, 11) is -3.30. The summed E-state index contributed by atoms with van der Waals surface area (Å²) in [5.41, 5.74) is -0.607. The lowest BCUT2D eigenvalue weighted by molar-refractivity contribution is -0.610. The number of nitro groups is 1. The highest BCUT2D eigenvalue weighted by Crippen LogP contribution is 2.26. The molecule has 0 bridgehead atoms. The quantitative estimate of drug-likeness (QED) is 0.297. The molecule has 0 aliphatic carbocycles. The zero-order valence-corrected chi connectivity index (χ0v) is 15.7. The third kappa shape index (κ3) is 6.38. The molecule has 23 heavy (non-hydrogen) atoms. The summed E-state index contributed by atoms with van der Waals surface area (Å²) in [6.07, 6.45) is -0.321. The third-order valence-corrected chi connectivity index (χ3v) is 6.25. The van der Waals surface area contributed by atoms with Crippen molar-refractivity contribution in [1.29, 1.82) is 0 Å². The smallest absolute Gasteiger partial charge is 0.371 e. The van der Waals surface area contributed by atoms with Gasteiger partial charge in [-0.25, -0.2) is 0 Å². The summed E-state index contributed by atoms with van der Waals surface area (Å²) in [6.45, 7) is 10.3. The first-order valence-corrected chi connectivity index (χ1v) is 9.74. The lowest BCUT2D eigenvalue weighted by Gasteiger charge is -2.35. The topological polar surface area (TPSA) is 70.8 Å². The molecule has 1 aromatic rings.